The van der Waals surface area contributed by atoms with E-state index in [4.69, 9.17) is 70.1 Å². The third kappa shape index (κ3) is 5.56. The highest BCUT2D eigenvalue weighted by Gasteiger charge is 2.61. The fraction of sp³-hybridized carbons (Fsp3) is 0.571. The number of alkyl halides is 4. The first-order valence-corrected chi connectivity index (χ1v) is 14.8. The van der Waals surface area contributed by atoms with Crippen molar-refractivity contribution in [3.05, 3.63) is 47.5 Å². The van der Waals surface area contributed by atoms with Gasteiger partial charge >= 0.3 is 0 Å². The number of benzene rings is 2. The van der Waals surface area contributed by atoms with Crippen LogP contribution in [0, 0.1) is 0 Å². The molecule has 0 saturated carbocycles. The van der Waals surface area contributed by atoms with Gasteiger partial charge in [-0.05, 0) is 37.8 Å². The van der Waals surface area contributed by atoms with Gasteiger partial charge in [0.05, 0.1) is 13.2 Å². The average molecular weight is 588 g/mol. The predicted molar refractivity (Wildman–Crippen MR) is 145 cm³/mol. The van der Waals surface area contributed by atoms with Crippen molar-refractivity contribution in [3.63, 3.8) is 0 Å². The summed E-state index contributed by atoms with van der Waals surface area (Å²) in [5, 5.41) is 0. The summed E-state index contributed by atoms with van der Waals surface area (Å²) in [6.45, 7) is 1.25. The number of halogens is 4. The van der Waals surface area contributed by atoms with Crippen molar-refractivity contribution in [2.45, 2.75) is 84.4 Å². The number of fused-ring (bicyclic) bond motifs is 2. The summed E-state index contributed by atoms with van der Waals surface area (Å²) in [7, 11) is 0. The molecule has 0 amide bonds. The second kappa shape index (κ2) is 10.6. The lowest BCUT2D eigenvalue weighted by Crippen LogP contribution is -2.47. The normalized spacial score (nSPS) is 23.4. The first-order chi connectivity index (χ1) is 17.9. The molecule has 4 unspecified atom stereocenters. The standard InChI is InChI=1S/C28H30Cl4O5/c29-23(30)11-1-3-13-27(21-15-33-21,17-7-5-9-19-25(17)35-19)37-28(22-16-34-22,14-4-2-12-24(31)32)18-8-6-10-20-26(18)36-20/h5-10,21-24H,1-4,11-16H2. The van der Waals surface area contributed by atoms with Gasteiger partial charge in [0.25, 0.3) is 0 Å². The van der Waals surface area contributed by atoms with Crippen LogP contribution in [0.4, 0.5) is 0 Å². The van der Waals surface area contributed by atoms with Crippen LogP contribution < -0.4 is 9.47 Å². The molecule has 4 heterocycles. The van der Waals surface area contributed by atoms with Crippen LogP contribution in [0.3, 0.4) is 0 Å². The van der Waals surface area contributed by atoms with E-state index >= 15 is 0 Å². The van der Waals surface area contributed by atoms with Crippen molar-refractivity contribution in [2.75, 3.05) is 13.2 Å². The van der Waals surface area contributed by atoms with Crippen LogP contribution in [0.2, 0.25) is 0 Å². The summed E-state index contributed by atoms with van der Waals surface area (Å²) in [6, 6.07) is 12.2. The monoisotopic (exact) mass is 586 g/mol. The Kier molecular flexibility index (Phi) is 7.52. The molecule has 0 radical (unpaired) electrons. The molecule has 0 spiro atoms. The summed E-state index contributed by atoms with van der Waals surface area (Å²) in [5.74, 6) is 3.57. The van der Waals surface area contributed by atoms with E-state index in [0.29, 0.717) is 13.2 Å². The number of rotatable bonds is 16. The lowest BCUT2D eigenvalue weighted by Gasteiger charge is -2.43. The van der Waals surface area contributed by atoms with Crippen LogP contribution in [0.1, 0.15) is 62.5 Å². The number of ether oxygens (including phenoxy) is 5. The first kappa shape index (κ1) is 26.3. The minimum Gasteiger partial charge on any atom is -0.449 e. The molecule has 4 atom stereocenters. The third-order valence-electron chi connectivity index (χ3n) is 7.72. The minimum absolute atomic E-state index is 0.0903. The van der Waals surface area contributed by atoms with Crippen LogP contribution in [-0.2, 0) is 25.4 Å². The predicted octanol–water partition coefficient (Wildman–Crippen LogP) is 8.53. The lowest BCUT2D eigenvalue weighted by atomic mass is 9.80. The molecule has 0 bridgehead atoms. The van der Waals surface area contributed by atoms with Crippen LogP contribution in [-0.4, -0.2) is 35.1 Å². The Morgan fingerprint density at radius 2 is 1.14 bits per heavy atom. The summed E-state index contributed by atoms with van der Waals surface area (Å²) in [6.07, 6.45) is 6.28. The molecule has 2 aromatic carbocycles. The molecule has 0 aliphatic carbocycles. The summed E-state index contributed by atoms with van der Waals surface area (Å²) >= 11 is 24.2. The van der Waals surface area contributed by atoms with Gasteiger partial charge in [-0.3, -0.25) is 0 Å². The second-order valence-corrected chi connectivity index (χ2v) is 12.8. The molecule has 0 N–H and O–H groups in total. The maximum Gasteiger partial charge on any atom is 0.176 e. The lowest BCUT2D eigenvalue weighted by molar-refractivity contribution is -0.197. The maximum absolute atomic E-state index is 7.55. The fourth-order valence-electron chi connectivity index (χ4n) is 5.66. The highest BCUT2D eigenvalue weighted by Crippen LogP contribution is 2.62. The molecule has 2 fully saturated rings. The van der Waals surface area contributed by atoms with Crippen molar-refractivity contribution >= 4 is 46.4 Å². The number of unbranched alkanes of at least 4 members (excludes halogenated alkanes) is 2. The average Bonchev–Trinajstić information content (AvgIpc) is 3.69. The van der Waals surface area contributed by atoms with E-state index in [-0.39, 0.29) is 21.9 Å². The van der Waals surface area contributed by atoms with E-state index in [1.165, 1.54) is 0 Å². The molecule has 37 heavy (non-hydrogen) atoms. The van der Waals surface area contributed by atoms with Gasteiger partial charge in [0.15, 0.2) is 23.0 Å². The fourth-order valence-corrected chi connectivity index (χ4v) is 6.28. The highest BCUT2D eigenvalue weighted by molar-refractivity contribution is 6.44. The summed E-state index contributed by atoms with van der Waals surface area (Å²) in [5.41, 5.74) is 0.623. The molecule has 4 aliphatic heterocycles. The summed E-state index contributed by atoms with van der Waals surface area (Å²) in [4.78, 5) is -0.762. The third-order valence-corrected chi connectivity index (χ3v) is 8.60. The zero-order valence-electron chi connectivity index (χ0n) is 20.4. The summed E-state index contributed by atoms with van der Waals surface area (Å²) < 4.78 is 31.4. The first-order valence-electron chi connectivity index (χ1n) is 13.1. The SMILES string of the molecule is ClC(Cl)CCCCC(OC(CCCCC(Cl)Cl)(c1cccc2c1O2)C1CO1)(c1cccc2c1O2)C1CO1. The van der Waals surface area contributed by atoms with Gasteiger partial charge in [-0.2, -0.15) is 0 Å². The molecular formula is C28H30Cl4O5. The van der Waals surface area contributed by atoms with Gasteiger partial charge in [0.2, 0.25) is 0 Å². The van der Waals surface area contributed by atoms with Crippen LogP contribution >= 0.6 is 46.4 Å². The number of hydrogen-bond donors (Lipinski definition) is 0. The molecule has 200 valence electrons. The minimum atomic E-state index is -0.721. The topological polar surface area (TPSA) is 59.4 Å². The Labute approximate surface area is 237 Å². The molecule has 2 saturated heterocycles. The smallest absolute Gasteiger partial charge is 0.176 e. The zero-order chi connectivity index (χ0) is 25.6. The van der Waals surface area contributed by atoms with Gasteiger partial charge in [-0.15, -0.1) is 46.4 Å². The van der Waals surface area contributed by atoms with Gasteiger partial charge < -0.3 is 23.7 Å². The van der Waals surface area contributed by atoms with Crippen LogP contribution in [0.15, 0.2) is 36.4 Å². The number of hydrogen-bond acceptors (Lipinski definition) is 5. The van der Waals surface area contributed by atoms with E-state index < -0.39 is 11.2 Å². The zero-order valence-corrected chi connectivity index (χ0v) is 23.4. The number of para-hydroxylation sites is 2. The largest absolute Gasteiger partial charge is 0.449 e. The second-order valence-electron chi connectivity index (χ2n) is 10.3. The number of epoxide rings is 2. The van der Waals surface area contributed by atoms with E-state index in [2.05, 4.69) is 12.1 Å². The molecular weight excluding hydrogens is 558 g/mol. The molecule has 6 rings (SSSR count). The van der Waals surface area contributed by atoms with Gasteiger partial charge in [0.1, 0.15) is 33.1 Å². The van der Waals surface area contributed by atoms with E-state index in [9.17, 15) is 0 Å². The Morgan fingerprint density at radius 3 is 1.51 bits per heavy atom. The molecule has 5 nitrogen and oxygen atoms in total. The van der Waals surface area contributed by atoms with E-state index in [0.717, 1.165) is 85.5 Å². The van der Waals surface area contributed by atoms with Crippen molar-refractivity contribution in [3.8, 4) is 23.0 Å². The van der Waals surface area contributed by atoms with Crippen molar-refractivity contribution in [1.29, 1.82) is 0 Å². The highest BCUT2D eigenvalue weighted by atomic mass is 35.5. The van der Waals surface area contributed by atoms with Crippen LogP contribution in [0.5, 0.6) is 23.0 Å². The van der Waals surface area contributed by atoms with Crippen molar-refractivity contribution in [1.82, 2.24) is 0 Å². The Hall–Kier alpha value is -0.920. The van der Waals surface area contributed by atoms with Crippen molar-refractivity contribution in [2.24, 2.45) is 0 Å². The van der Waals surface area contributed by atoms with E-state index in [1.54, 1.807) is 0 Å². The molecule has 9 heteroatoms. The molecule has 0 aromatic heterocycles. The maximum atomic E-state index is 7.55. The Balaban J connectivity index is 1.39. The Bertz CT molecular complexity index is 1050. The molecule has 4 aliphatic rings. The van der Waals surface area contributed by atoms with Gasteiger partial charge in [0, 0.05) is 11.1 Å². The van der Waals surface area contributed by atoms with Crippen LogP contribution in [0.25, 0.3) is 0 Å². The molecule has 2 aromatic rings. The Morgan fingerprint density at radius 1 is 0.703 bits per heavy atom. The van der Waals surface area contributed by atoms with E-state index in [1.807, 2.05) is 24.3 Å². The van der Waals surface area contributed by atoms with Gasteiger partial charge in [-0.25, -0.2) is 0 Å². The quantitative estimate of drug-likeness (QED) is 0.0746. The van der Waals surface area contributed by atoms with Gasteiger partial charge in [-0.1, -0.05) is 49.9 Å². The van der Waals surface area contributed by atoms with Crippen molar-refractivity contribution < 1.29 is 23.7 Å².